The Labute approximate surface area is 79.1 Å². The summed E-state index contributed by atoms with van der Waals surface area (Å²) in [6.07, 6.45) is 4.34. The normalized spacial score (nSPS) is 10.6. The maximum absolute atomic E-state index is 10.6. The molecule has 0 heterocycles. The average molecular weight is 174 g/mol. The van der Waals surface area contributed by atoms with Crippen molar-refractivity contribution in [1.29, 1.82) is 0 Å². The van der Waals surface area contributed by atoms with E-state index in [0.717, 1.165) is 6.42 Å². The van der Waals surface area contributed by atoms with Crippen LogP contribution in [0.1, 0.15) is 18.1 Å². The van der Waals surface area contributed by atoms with Gasteiger partial charge in [0, 0.05) is 0 Å². The highest BCUT2D eigenvalue weighted by Crippen LogP contribution is 2.04. The molecule has 1 rings (SSSR count). The van der Waals surface area contributed by atoms with Gasteiger partial charge in [0.1, 0.15) is 0 Å². The summed E-state index contributed by atoms with van der Waals surface area (Å²) in [6.45, 7) is 3.63. The first-order valence-electron chi connectivity index (χ1n) is 4.41. The number of carbonyl (C=O) groups excluding carboxylic acids is 1. The fourth-order valence-electron chi connectivity index (χ4n) is 1.09. The van der Waals surface area contributed by atoms with Crippen molar-refractivity contribution in [1.82, 2.24) is 0 Å². The third kappa shape index (κ3) is 3.70. The molecule has 0 fully saturated rings. The Balaban J connectivity index is 2.55. The smallest absolute Gasteiger partial charge is 0.152 e. The summed E-state index contributed by atoms with van der Waals surface area (Å²) in [5.74, 6) is 0.104. The van der Waals surface area contributed by atoms with E-state index in [1.54, 1.807) is 13.0 Å². The van der Waals surface area contributed by atoms with E-state index in [-0.39, 0.29) is 5.78 Å². The van der Waals surface area contributed by atoms with Gasteiger partial charge in [-0.25, -0.2) is 0 Å². The third-order valence-corrected chi connectivity index (χ3v) is 1.83. The number of hydrogen-bond donors (Lipinski definition) is 0. The number of allylic oxidation sites excluding steroid dienone is 2. The second kappa shape index (κ2) is 4.61. The maximum Gasteiger partial charge on any atom is 0.152 e. The van der Waals surface area contributed by atoms with Gasteiger partial charge in [-0.2, -0.15) is 0 Å². The zero-order valence-electron chi connectivity index (χ0n) is 8.08. The summed E-state index contributed by atoms with van der Waals surface area (Å²) in [4.78, 5) is 10.6. The van der Waals surface area contributed by atoms with E-state index in [4.69, 9.17) is 0 Å². The quantitative estimate of drug-likeness (QED) is 0.644. The molecule has 0 radical (unpaired) electrons. The van der Waals surface area contributed by atoms with Gasteiger partial charge in [-0.3, -0.25) is 4.79 Å². The van der Waals surface area contributed by atoms with Crippen LogP contribution < -0.4 is 0 Å². The number of rotatable bonds is 3. The summed E-state index contributed by atoms with van der Waals surface area (Å²) in [6, 6.07) is 8.33. The Morgan fingerprint density at radius 1 is 1.31 bits per heavy atom. The van der Waals surface area contributed by atoms with E-state index in [1.165, 1.54) is 11.1 Å². The first-order chi connectivity index (χ1) is 6.18. The second-order valence-electron chi connectivity index (χ2n) is 3.20. The first kappa shape index (κ1) is 9.72. The largest absolute Gasteiger partial charge is 0.295 e. The highest BCUT2D eigenvalue weighted by Gasteiger charge is 1.89. The molecule has 0 N–H and O–H groups in total. The molecule has 0 aromatic heterocycles. The zero-order valence-corrected chi connectivity index (χ0v) is 8.08. The molecule has 0 aliphatic carbocycles. The van der Waals surface area contributed by atoms with Crippen LogP contribution in [0.15, 0.2) is 36.4 Å². The fraction of sp³-hybridized carbons (Fsp3) is 0.250. The van der Waals surface area contributed by atoms with E-state index < -0.39 is 0 Å². The van der Waals surface area contributed by atoms with E-state index in [0.29, 0.717) is 0 Å². The van der Waals surface area contributed by atoms with Crippen molar-refractivity contribution in [2.45, 2.75) is 20.3 Å². The van der Waals surface area contributed by atoms with Crippen molar-refractivity contribution in [2.24, 2.45) is 0 Å². The minimum atomic E-state index is 0.104. The van der Waals surface area contributed by atoms with Crippen LogP contribution in [0.25, 0.3) is 0 Å². The standard InChI is InChI=1S/C12H14O/c1-10-6-8-12(9-7-10)5-3-4-11(2)13/h3-4,6-9H,5H2,1-2H3/b4-3+. The maximum atomic E-state index is 10.6. The summed E-state index contributed by atoms with van der Waals surface area (Å²) in [7, 11) is 0. The summed E-state index contributed by atoms with van der Waals surface area (Å²) in [5.41, 5.74) is 2.50. The Hall–Kier alpha value is -1.37. The van der Waals surface area contributed by atoms with Crippen LogP contribution in [-0.2, 0) is 11.2 Å². The van der Waals surface area contributed by atoms with E-state index in [1.807, 2.05) is 6.08 Å². The van der Waals surface area contributed by atoms with Crippen molar-refractivity contribution >= 4 is 5.78 Å². The Morgan fingerprint density at radius 3 is 2.46 bits per heavy atom. The Kier molecular flexibility index (Phi) is 3.44. The molecular weight excluding hydrogens is 160 g/mol. The topological polar surface area (TPSA) is 17.1 Å². The first-order valence-corrected chi connectivity index (χ1v) is 4.41. The summed E-state index contributed by atoms with van der Waals surface area (Å²) < 4.78 is 0. The van der Waals surface area contributed by atoms with Crippen molar-refractivity contribution < 1.29 is 4.79 Å². The summed E-state index contributed by atoms with van der Waals surface area (Å²) >= 11 is 0. The Bertz CT molecular complexity index is 306. The van der Waals surface area contributed by atoms with Gasteiger partial charge in [-0.1, -0.05) is 35.9 Å². The van der Waals surface area contributed by atoms with E-state index in [9.17, 15) is 4.79 Å². The molecule has 0 saturated carbocycles. The molecule has 1 aromatic rings. The monoisotopic (exact) mass is 174 g/mol. The van der Waals surface area contributed by atoms with Crippen LogP contribution in [0, 0.1) is 6.92 Å². The lowest BCUT2D eigenvalue weighted by atomic mass is 10.1. The van der Waals surface area contributed by atoms with Crippen LogP contribution in [0.4, 0.5) is 0 Å². The van der Waals surface area contributed by atoms with E-state index >= 15 is 0 Å². The van der Waals surface area contributed by atoms with Gasteiger partial charge in [0.2, 0.25) is 0 Å². The molecule has 1 aromatic carbocycles. The number of aryl methyl sites for hydroxylation is 1. The highest BCUT2D eigenvalue weighted by atomic mass is 16.1. The zero-order chi connectivity index (χ0) is 9.68. The van der Waals surface area contributed by atoms with Crippen LogP contribution in [-0.4, -0.2) is 5.78 Å². The van der Waals surface area contributed by atoms with Crippen LogP contribution >= 0.6 is 0 Å². The van der Waals surface area contributed by atoms with Gasteiger partial charge >= 0.3 is 0 Å². The van der Waals surface area contributed by atoms with E-state index in [2.05, 4.69) is 31.2 Å². The molecule has 1 heteroatoms. The lowest BCUT2D eigenvalue weighted by Crippen LogP contribution is -1.84. The molecular formula is C12H14O. The van der Waals surface area contributed by atoms with Gasteiger partial charge in [0.05, 0.1) is 0 Å². The average Bonchev–Trinajstić information content (AvgIpc) is 2.08. The minimum Gasteiger partial charge on any atom is -0.295 e. The molecule has 0 amide bonds. The number of ketones is 1. The highest BCUT2D eigenvalue weighted by molar-refractivity contribution is 5.87. The molecule has 0 unspecified atom stereocenters. The van der Waals surface area contributed by atoms with Crippen LogP contribution in [0.3, 0.4) is 0 Å². The van der Waals surface area contributed by atoms with Crippen molar-refractivity contribution in [2.75, 3.05) is 0 Å². The lowest BCUT2D eigenvalue weighted by molar-refractivity contribution is -0.112. The molecule has 0 aliphatic rings. The minimum absolute atomic E-state index is 0.104. The van der Waals surface area contributed by atoms with Gasteiger partial charge in [-0.05, 0) is 31.9 Å². The molecule has 0 aliphatic heterocycles. The van der Waals surface area contributed by atoms with Gasteiger partial charge < -0.3 is 0 Å². The van der Waals surface area contributed by atoms with Crippen LogP contribution in [0.5, 0.6) is 0 Å². The second-order valence-corrected chi connectivity index (χ2v) is 3.20. The molecule has 1 nitrogen and oxygen atoms in total. The summed E-state index contributed by atoms with van der Waals surface area (Å²) in [5, 5.41) is 0. The van der Waals surface area contributed by atoms with Crippen molar-refractivity contribution in [3.8, 4) is 0 Å². The Morgan fingerprint density at radius 2 is 1.92 bits per heavy atom. The fourth-order valence-corrected chi connectivity index (χ4v) is 1.09. The van der Waals surface area contributed by atoms with Gasteiger partial charge in [0.25, 0.3) is 0 Å². The molecule has 0 saturated heterocycles. The van der Waals surface area contributed by atoms with Crippen molar-refractivity contribution in [3.63, 3.8) is 0 Å². The van der Waals surface area contributed by atoms with Gasteiger partial charge in [0.15, 0.2) is 5.78 Å². The number of benzene rings is 1. The third-order valence-electron chi connectivity index (χ3n) is 1.83. The SMILES string of the molecule is CC(=O)/C=C/Cc1ccc(C)cc1. The molecule has 13 heavy (non-hydrogen) atoms. The number of carbonyl (C=O) groups is 1. The van der Waals surface area contributed by atoms with Gasteiger partial charge in [-0.15, -0.1) is 0 Å². The predicted octanol–water partition coefficient (Wildman–Crippen LogP) is 2.68. The molecule has 0 atom stereocenters. The van der Waals surface area contributed by atoms with Crippen LogP contribution in [0.2, 0.25) is 0 Å². The predicted molar refractivity (Wildman–Crippen MR) is 54.7 cm³/mol. The molecule has 68 valence electrons. The lowest BCUT2D eigenvalue weighted by Gasteiger charge is -1.96. The molecule has 0 spiro atoms. The molecule has 0 bridgehead atoms. The number of hydrogen-bond acceptors (Lipinski definition) is 1. The van der Waals surface area contributed by atoms with Crippen molar-refractivity contribution in [3.05, 3.63) is 47.5 Å².